The minimum Gasteiger partial charge on any atom is -0.507 e. The summed E-state index contributed by atoms with van der Waals surface area (Å²) in [6.07, 6.45) is 0.574. The Labute approximate surface area is 92.7 Å². The van der Waals surface area contributed by atoms with E-state index in [1.54, 1.807) is 0 Å². The molecule has 0 aliphatic heterocycles. The van der Waals surface area contributed by atoms with Gasteiger partial charge in [-0.1, -0.05) is 6.92 Å². The number of hydrogen-bond donors (Lipinski definition) is 3. The molecule has 0 saturated heterocycles. The summed E-state index contributed by atoms with van der Waals surface area (Å²) in [6, 6.07) is 2.80. The number of aromatic hydroxyl groups is 1. The van der Waals surface area contributed by atoms with E-state index in [1.165, 1.54) is 6.07 Å². The lowest BCUT2D eigenvalue weighted by Crippen LogP contribution is -2.36. The lowest BCUT2D eigenvalue weighted by molar-refractivity contribution is 0.0912. The van der Waals surface area contributed by atoms with Gasteiger partial charge in [-0.15, -0.1) is 0 Å². The van der Waals surface area contributed by atoms with Crippen LogP contribution in [0.25, 0.3) is 0 Å². The van der Waals surface area contributed by atoms with Crippen LogP contribution in [0.4, 0.5) is 4.39 Å². The second-order valence-corrected chi connectivity index (χ2v) is 3.42. The van der Waals surface area contributed by atoms with Gasteiger partial charge < -0.3 is 15.5 Å². The molecule has 0 unspecified atom stereocenters. The molecule has 0 aliphatic rings. The Morgan fingerprint density at radius 2 is 2.25 bits per heavy atom. The van der Waals surface area contributed by atoms with Crippen molar-refractivity contribution in [1.82, 2.24) is 5.32 Å². The van der Waals surface area contributed by atoms with Gasteiger partial charge in [0.05, 0.1) is 18.2 Å². The third kappa shape index (κ3) is 2.93. The molecule has 1 rings (SSSR count). The lowest BCUT2D eigenvalue weighted by atomic mass is 10.1. The number of phenolic OH excluding ortho intramolecular Hbond substituents is 1. The lowest BCUT2D eigenvalue weighted by Gasteiger charge is -2.14. The summed E-state index contributed by atoms with van der Waals surface area (Å²) in [5.41, 5.74) is -0.00620. The monoisotopic (exact) mass is 227 g/mol. The summed E-state index contributed by atoms with van der Waals surface area (Å²) >= 11 is 0. The molecule has 0 heterocycles. The largest absolute Gasteiger partial charge is 0.507 e. The van der Waals surface area contributed by atoms with Crippen LogP contribution in [0, 0.1) is 5.82 Å². The highest BCUT2D eigenvalue weighted by atomic mass is 19.1. The first-order valence-electron chi connectivity index (χ1n) is 4.98. The zero-order chi connectivity index (χ0) is 12.1. The van der Waals surface area contributed by atoms with Crippen LogP contribution in [0.2, 0.25) is 0 Å². The highest BCUT2D eigenvalue weighted by Gasteiger charge is 2.14. The normalized spacial score (nSPS) is 12.2. The van der Waals surface area contributed by atoms with E-state index in [9.17, 15) is 14.3 Å². The number of rotatable bonds is 4. The summed E-state index contributed by atoms with van der Waals surface area (Å²) in [5.74, 6) is -1.55. The number of aliphatic hydroxyl groups excluding tert-OH is 1. The molecule has 0 saturated carbocycles. The van der Waals surface area contributed by atoms with Crippen LogP contribution in [-0.4, -0.2) is 28.8 Å². The van der Waals surface area contributed by atoms with Crippen molar-refractivity contribution in [2.75, 3.05) is 6.61 Å². The Morgan fingerprint density at radius 1 is 1.56 bits per heavy atom. The van der Waals surface area contributed by atoms with Crippen molar-refractivity contribution in [2.45, 2.75) is 19.4 Å². The fourth-order valence-electron chi connectivity index (χ4n) is 1.24. The van der Waals surface area contributed by atoms with E-state index in [1.807, 2.05) is 6.92 Å². The Hall–Kier alpha value is -1.62. The molecule has 0 aromatic heterocycles. The summed E-state index contributed by atoms with van der Waals surface area (Å²) in [6.45, 7) is 1.63. The van der Waals surface area contributed by atoms with Gasteiger partial charge in [-0.05, 0) is 18.6 Å². The molecule has 0 fully saturated rings. The molecule has 0 radical (unpaired) electrons. The fourth-order valence-corrected chi connectivity index (χ4v) is 1.24. The average molecular weight is 227 g/mol. The number of phenols is 1. The van der Waals surface area contributed by atoms with Crippen molar-refractivity contribution in [3.8, 4) is 5.75 Å². The molecule has 5 heteroatoms. The molecular weight excluding hydrogens is 213 g/mol. The predicted octanol–water partition coefficient (Wildman–Crippen LogP) is 1.03. The molecule has 1 atom stereocenters. The number of hydrogen-bond acceptors (Lipinski definition) is 3. The quantitative estimate of drug-likeness (QED) is 0.719. The second kappa shape index (κ2) is 5.46. The summed E-state index contributed by atoms with van der Waals surface area (Å²) in [7, 11) is 0. The zero-order valence-corrected chi connectivity index (χ0v) is 8.90. The third-order valence-corrected chi connectivity index (χ3v) is 2.25. The first-order valence-corrected chi connectivity index (χ1v) is 4.98. The van der Waals surface area contributed by atoms with E-state index in [-0.39, 0.29) is 18.2 Å². The van der Waals surface area contributed by atoms with Gasteiger partial charge in [-0.2, -0.15) is 0 Å². The van der Waals surface area contributed by atoms with Crippen molar-refractivity contribution in [3.05, 3.63) is 29.6 Å². The molecule has 1 amide bonds. The van der Waals surface area contributed by atoms with E-state index in [4.69, 9.17) is 5.11 Å². The number of carbonyl (C=O) groups is 1. The molecule has 4 nitrogen and oxygen atoms in total. The Kier molecular flexibility index (Phi) is 4.25. The maximum atomic E-state index is 12.7. The molecule has 3 N–H and O–H groups in total. The topological polar surface area (TPSA) is 69.6 Å². The van der Waals surface area contributed by atoms with E-state index < -0.39 is 17.5 Å². The van der Waals surface area contributed by atoms with Gasteiger partial charge in [0, 0.05) is 6.07 Å². The van der Waals surface area contributed by atoms with Crippen LogP contribution in [0.5, 0.6) is 5.75 Å². The maximum absolute atomic E-state index is 12.7. The SMILES string of the molecule is CC[C@H](CO)NC(=O)c1ccc(F)cc1O. The third-order valence-electron chi connectivity index (χ3n) is 2.25. The van der Waals surface area contributed by atoms with Crippen LogP contribution in [-0.2, 0) is 0 Å². The Morgan fingerprint density at radius 3 is 2.75 bits per heavy atom. The van der Waals surface area contributed by atoms with Gasteiger partial charge in [0.1, 0.15) is 11.6 Å². The number of benzene rings is 1. The first-order chi connectivity index (χ1) is 7.58. The van der Waals surface area contributed by atoms with Gasteiger partial charge in [0.2, 0.25) is 0 Å². The van der Waals surface area contributed by atoms with Crippen molar-refractivity contribution in [1.29, 1.82) is 0 Å². The smallest absolute Gasteiger partial charge is 0.255 e. The van der Waals surface area contributed by atoms with Crippen LogP contribution < -0.4 is 5.32 Å². The van der Waals surface area contributed by atoms with E-state index >= 15 is 0 Å². The number of nitrogens with one attached hydrogen (secondary N) is 1. The van der Waals surface area contributed by atoms with Crippen LogP contribution in [0.15, 0.2) is 18.2 Å². The van der Waals surface area contributed by atoms with Crippen LogP contribution in [0.1, 0.15) is 23.7 Å². The van der Waals surface area contributed by atoms with Crippen molar-refractivity contribution in [2.24, 2.45) is 0 Å². The maximum Gasteiger partial charge on any atom is 0.255 e. The zero-order valence-electron chi connectivity index (χ0n) is 8.90. The van der Waals surface area contributed by atoms with Gasteiger partial charge in [-0.25, -0.2) is 4.39 Å². The molecule has 16 heavy (non-hydrogen) atoms. The standard InChI is InChI=1S/C11H14FNO3/c1-2-8(6-14)13-11(16)9-4-3-7(12)5-10(9)15/h3-5,8,14-15H,2,6H2,1H3,(H,13,16)/t8-/m1/s1. The molecule has 1 aromatic rings. The molecule has 0 bridgehead atoms. The molecular formula is C11H14FNO3. The van der Waals surface area contributed by atoms with Crippen molar-refractivity contribution in [3.63, 3.8) is 0 Å². The number of aliphatic hydroxyl groups is 1. The van der Waals surface area contributed by atoms with E-state index in [0.717, 1.165) is 12.1 Å². The average Bonchev–Trinajstić information content (AvgIpc) is 2.25. The minimum absolute atomic E-state index is 0.00620. The predicted molar refractivity (Wildman–Crippen MR) is 56.7 cm³/mol. The minimum atomic E-state index is -0.608. The number of amides is 1. The van der Waals surface area contributed by atoms with Crippen LogP contribution in [0.3, 0.4) is 0 Å². The molecule has 88 valence electrons. The van der Waals surface area contributed by atoms with Gasteiger partial charge in [0.15, 0.2) is 0 Å². The van der Waals surface area contributed by atoms with Crippen molar-refractivity contribution >= 4 is 5.91 Å². The van der Waals surface area contributed by atoms with E-state index in [2.05, 4.69) is 5.32 Å². The number of halogens is 1. The Bertz CT molecular complexity index is 377. The van der Waals surface area contributed by atoms with Crippen molar-refractivity contribution < 1.29 is 19.4 Å². The second-order valence-electron chi connectivity index (χ2n) is 3.42. The summed E-state index contributed by atoms with van der Waals surface area (Å²) in [4.78, 5) is 11.6. The molecule has 0 aliphatic carbocycles. The van der Waals surface area contributed by atoms with E-state index in [0.29, 0.717) is 6.42 Å². The number of carbonyl (C=O) groups excluding carboxylic acids is 1. The van der Waals surface area contributed by atoms with Gasteiger partial charge in [-0.3, -0.25) is 4.79 Å². The van der Waals surface area contributed by atoms with Gasteiger partial charge >= 0.3 is 0 Å². The first kappa shape index (κ1) is 12.4. The van der Waals surface area contributed by atoms with Gasteiger partial charge in [0.25, 0.3) is 5.91 Å². The highest BCUT2D eigenvalue weighted by Crippen LogP contribution is 2.17. The highest BCUT2D eigenvalue weighted by molar-refractivity contribution is 5.96. The summed E-state index contributed by atoms with van der Waals surface area (Å²) in [5, 5.41) is 20.8. The molecule has 0 spiro atoms. The molecule has 1 aromatic carbocycles. The Balaban J connectivity index is 2.80. The summed E-state index contributed by atoms with van der Waals surface area (Å²) < 4.78 is 12.7. The van der Waals surface area contributed by atoms with Crippen LogP contribution >= 0.6 is 0 Å². The fraction of sp³-hybridized carbons (Fsp3) is 0.364.